The number of hydrogen-bond acceptors (Lipinski definition) is 4. The highest BCUT2D eigenvalue weighted by molar-refractivity contribution is 5.73. The molecule has 0 spiro atoms. The minimum absolute atomic E-state index is 0.0266. The predicted octanol–water partition coefficient (Wildman–Crippen LogP) is 1.59. The lowest BCUT2D eigenvalue weighted by atomic mass is 9.77. The van der Waals surface area contributed by atoms with Gasteiger partial charge in [0.1, 0.15) is 0 Å². The molecule has 1 saturated heterocycles. The summed E-state index contributed by atoms with van der Waals surface area (Å²) in [5.41, 5.74) is 0. The fourth-order valence-corrected chi connectivity index (χ4v) is 3.87. The van der Waals surface area contributed by atoms with Crippen LogP contribution in [0.5, 0.6) is 0 Å². The van der Waals surface area contributed by atoms with E-state index in [-0.39, 0.29) is 23.9 Å². The van der Waals surface area contributed by atoms with E-state index in [2.05, 4.69) is 10.3 Å². The summed E-state index contributed by atoms with van der Waals surface area (Å²) in [6.45, 7) is 3.11. The SMILES string of the molecule is CO[C@@H]1C[C@H]2CN(c3ncccc3F)C[C@H]2C[C@H]1NC(C)=O. The van der Waals surface area contributed by atoms with Crippen LogP contribution in [0.15, 0.2) is 18.3 Å². The van der Waals surface area contributed by atoms with Crippen molar-refractivity contribution in [1.82, 2.24) is 10.3 Å². The summed E-state index contributed by atoms with van der Waals surface area (Å²) >= 11 is 0. The Balaban J connectivity index is 1.73. The van der Waals surface area contributed by atoms with E-state index in [1.807, 2.05) is 4.90 Å². The number of amides is 1. The summed E-state index contributed by atoms with van der Waals surface area (Å²) in [7, 11) is 1.69. The first-order valence-electron chi connectivity index (χ1n) is 7.74. The van der Waals surface area contributed by atoms with Crippen LogP contribution < -0.4 is 10.2 Å². The fourth-order valence-electron chi connectivity index (χ4n) is 3.87. The molecule has 2 fully saturated rings. The Morgan fingerprint density at radius 3 is 2.77 bits per heavy atom. The smallest absolute Gasteiger partial charge is 0.217 e. The molecule has 1 saturated carbocycles. The maximum atomic E-state index is 13.9. The van der Waals surface area contributed by atoms with Crippen LogP contribution in [0.1, 0.15) is 19.8 Å². The highest BCUT2D eigenvalue weighted by atomic mass is 19.1. The number of pyridine rings is 1. The number of rotatable bonds is 3. The molecule has 1 aliphatic heterocycles. The molecule has 22 heavy (non-hydrogen) atoms. The van der Waals surface area contributed by atoms with Crippen LogP contribution >= 0.6 is 0 Å². The van der Waals surface area contributed by atoms with Gasteiger partial charge in [-0.15, -0.1) is 0 Å². The molecule has 0 aromatic carbocycles. The Bertz CT molecular complexity index is 554. The first-order valence-corrected chi connectivity index (χ1v) is 7.74. The standard InChI is InChI=1S/C16H22FN3O2/c1-10(21)19-14-6-11-8-20(9-12(11)7-15(14)22-2)16-13(17)4-3-5-18-16/h3-5,11-12,14-15H,6-9H2,1-2H3,(H,19,21)/t11-,12+,14-,15-/m1/s1. The molecule has 3 rings (SSSR count). The average molecular weight is 307 g/mol. The monoisotopic (exact) mass is 307 g/mol. The Labute approximate surface area is 129 Å². The van der Waals surface area contributed by atoms with Crippen molar-refractivity contribution >= 4 is 11.7 Å². The van der Waals surface area contributed by atoms with Crippen LogP contribution in [0.4, 0.5) is 10.2 Å². The van der Waals surface area contributed by atoms with Crippen LogP contribution in [0, 0.1) is 17.7 Å². The van der Waals surface area contributed by atoms with E-state index < -0.39 is 0 Å². The van der Waals surface area contributed by atoms with Gasteiger partial charge in [0, 0.05) is 33.3 Å². The molecule has 120 valence electrons. The normalized spacial score (nSPS) is 31.0. The van der Waals surface area contributed by atoms with Gasteiger partial charge in [0.25, 0.3) is 0 Å². The van der Waals surface area contributed by atoms with E-state index in [9.17, 15) is 9.18 Å². The second-order valence-electron chi connectivity index (χ2n) is 6.29. The van der Waals surface area contributed by atoms with E-state index in [4.69, 9.17) is 4.74 Å². The van der Waals surface area contributed by atoms with E-state index in [1.165, 1.54) is 13.0 Å². The fraction of sp³-hybridized carbons (Fsp3) is 0.625. The van der Waals surface area contributed by atoms with E-state index in [1.54, 1.807) is 19.4 Å². The van der Waals surface area contributed by atoms with Crippen molar-refractivity contribution in [2.75, 3.05) is 25.1 Å². The molecule has 5 nitrogen and oxygen atoms in total. The third kappa shape index (κ3) is 2.92. The number of anilines is 1. The van der Waals surface area contributed by atoms with Crippen molar-refractivity contribution in [2.45, 2.75) is 31.9 Å². The van der Waals surface area contributed by atoms with E-state index >= 15 is 0 Å². The number of aromatic nitrogens is 1. The number of nitrogens with zero attached hydrogens (tertiary/aromatic N) is 2. The summed E-state index contributed by atoms with van der Waals surface area (Å²) in [4.78, 5) is 17.6. The minimum Gasteiger partial charge on any atom is -0.379 e. The molecule has 2 aliphatic rings. The molecule has 2 heterocycles. The van der Waals surface area contributed by atoms with Crippen molar-refractivity contribution in [3.05, 3.63) is 24.1 Å². The van der Waals surface area contributed by atoms with Crippen LogP contribution in [0.2, 0.25) is 0 Å². The Hall–Kier alpha value is -1.69. The van der Waals surface area contributed by atoms with Crippen LogP contribution in [0.3, 0.4) is 0 Å². The zero-order valence-corrected chi connectivity index (χ0v) is 13.0. The van der Waals surface area contributed by atoms with Gasteiger partial charge in [0.15, 0.2) is 11.6 Å². The summed E-state index contributed by atoms with van der Waals surface area (Å²) in [5, 5.41) is 2.99. The van der Waals surface area contributed by atoms with Crippen LogP contribution in [0.25, 0.3) is 0 Å². The molecule has 1 amide bonds. The highest BCUT2D eigenvalue weighted by Crippen LogP contribution is 2.39. The molecule has 0 radical (unpaired) electrons. The number of halogens is 1. The number of hydrogen-bond donors (Lipinski definition) is 1. The quantitative estimate of drug-likeness (QED) is 0.921. The molecule has 4 atom stereocenters. The highest BCUT2D eigenvalue weighted by Gasteiger charge is 2.43. The number of fused-ring (bicyclic) bond motifs is 1. The number of nitrogens with one attached hydrogen (secondary N) is 1. The molecule has 1 aromatic heterocycles. The maximum Gasteiger partial charge on any atom is 0.217 e. The largest absolute Gasteiger partial charge is 0.379 e. The molecule has 0 bridgehead atoms. The predicted molar refractivity (Wildman–Crippen MR) is 81.0 cm³/mol. The Kier molecular flexibility index (Phi) is 4.29. The first kappa shape index (κ1) is 15.2. The molecular formula is C16H22FN3O2. The van der Waals surface area contributed by atoms with Gasteiger partial charge in [-0.1, -0.05) is 0 Å². The average Bonchev–Trinajstić information content (AvgIpc) is 2.88. The Morgan fingerprint density at radius 1 is 1.41 bits per heavy atom. The summed E-state index contributed by atoms with van der Waals surface area (Å²) in [6, 6.07) is 3.09. The number of ether oxygens (including phenoxy) is 1. The zero-order valence-electron chi connectivity index (χ0n) is 13.0. The maximum absolute atomic E-state index is 13.9. The van der Waals surface area contributed by atoms with Gasteiger partial charge < -0.3 is 15.0 Å². The molecule has 1 N–H and O–H groups in total. The van der Waals surface area contributed by atoms with Crippen LogP contribution in [-0.2, 0) is 9.53 Å². The van der Waals surface area contributed by atoms with Gasteiger partial charge in [-0.25, -0.2) is 9.37 Å². The van der Waals surface area contributed by atoms with Gasteiger partial charge in [-0.2, -0.15) is 0 Å². The summed E-state index contributed by atoms with van der Waals surface area (Å²) in [5.74, 6) is 1.02. The third-order valence-corrected chi connectivity index (χ3v) is 4.85. The zero-order chi connectivity index (χ0) is 15.7. The Morgan fingerprint density at radius 2 is 2.14 bits per heavy atom. The lowest BCUT2D eigenvalue weighted by Gasteiger charge is -2.37. The van der Waals surface area contributed by atoms with Gasteiger partial charge in [0.05, 0.1) is 12.1 Å². The molecule has 1 aliphatic carbocycles. The van der Waals surface area contributed by atoms with Gasteiger partial charge in [-0.3, -0.25) is 4.79 Å². The van der Waals surface area contributed by atoms with Gasteiger partial charge in [-0.05, 0) is 36.8 Å². The number of carbonyl (C=O) groups excluding carboxylic acids is 1. The van der Waals surface area contributed by atoms with Crippen molar-refractivity contribution in [2.24, 2.45) is 11.8 Å². The van der Waals surface area contributed by atoms with E-state index in [0.29, 0.717) is 17.7 Å². The van der Waals surface area contributed by atoms with Gasteiger partial charge >= 0.3 is 0 Å². The third-order valence-electron chi connectivity index (χ3n) is 4.85. The number of methoxy groups -OCH3 is 1. The van der Waals surface area contributed by atoms with Gasteiger partial charge in [0.2, 0.25) is 5.91 Å². The second-order valence-corrected chi connectivity index (χ2v) is 6.29. The molecule has 6 heteroatoms. The van der Waals surface area contributed by atoms with Crippen molar-refractivity contribution in [3.63, 3.8) is 0 Å². The number of carbonyl (C=O) groups is 1. The minimum atomic E-state index is -0.275. The van der Waals surface area contributed by atoms with E-state index in [0.717, 1.165) is 25.9 Å². The molecule has 1 aromatic rings. The topological polar surface area (TPSA) is 54.5 Å². The molecule has 0 unspecified atom stereocenters. The van der Waals surface area contributed by atoms with Crippen molar-refractivity contribution in [3.8, 4) is 0 Å². The lowest BCUT2D eigenvalue weighted by Crippen LogP contribution is -2.49. The molecular weight excluding hydrogens is 285 g/mol. The van der Waals surface area contributed by atoms with Crippen molar-refractivity contribution < 1.29 is 13.9 Å². The van der Waals surface area contributed by atoms with Crippen molar-refractivity contribution in [1.29, 1.82) is 0 Å². The first-order chi connectivity index (χ1) is 10.6. The summed E-state index contributed by atoms with van der Waals surface area (Å²) < 4.78 is 19.5. The second kappa shape index (κ2) is 6.20. The van der Waals surface area contributed by atoms with Crippen LogP contribution in [-0.4, -0.2) is 43.2 Å². The lowest BCUT2D eigenvalue weighted by molar-refractivity contribution is -0.121. The summed E-state index contributed by atoms with van der Waals surface area (Å²) in [6.07, 6.45) is 3.40.